The average molecular weight is 415 g/mol. The summed E-state index contributed by atoms with van der Waals surface area (Å²) in [6, 6.07) is 3.71. The number of anilines is 1. The number of aliphatic imine (C=N–C) groups is 1. The highest BCUT2D eigenvalue weighted by Crippen LogP contribution is 2.36. The molecule has 0 atom stereocenters. The van der Waals surface area contributed by atoms with E-state index in [1.807, 2.05) is 24.0 Å². The molecule has 0 aliphatic carbocycles. The Morgan fingerprint density at radius 1 is 1.46 bits per heavy atom. The van der Waals surface area contributed by atoms with E-state index in [1.54, 1.807) is 31.7 Å². The van der Waals surface area contributed by atoms with Crippen LogP contribution in [-0.2, 0) is 17.8 Å². The highest BCUT2D eigenvalue weighted by atomic mass is 32.2. The molecule has 28 heavy (non-hydrogen) atoms. The Kier molecular flexibility index (Phi) is 7.00. The van der Waals surface area contributed by atoms with Crippen molar-refractivity contribution in [1.82, 2.24) is 9.88 Å². The lowest BCUT2D eigenvalue weighted by Crippen LogP contribution is -2.33. The van der Waals surface area contributed by atoms with Crippen molar-refractivity contribution in [3.8, 4) is 0 Å². The number of thiophene rings is 1. The Morgan fingerprint density at radius 2 is 2.32 bits per heavy atom. The molecule has 0 radical (unpaired) electrons. The molecule has 146 valence electrons. The van der Waals surface area contributed by atoms with Gasteiger partial charge in [0, 0.05) is 48.7 Å². The smallest absolute Gasteiger partial charge is 0.281 e. The first kappa shape index (κ1) is 20.3. The van der Waals surface area contributed by atoms with Crippen molar-refractivity contribution in [3.63, 3.8) is 0 Å². The van der Waals surface area contributed by atoms with Gasteiger partial charge in [-0.15, -0.1) is 11.3 Å². The second kappa shape index (κ2) is 9.66. The average Bonchev–Trinajstić information content (AvgIpc) is 3.04. The van der Waals surface area contributed by atoms with Crippen LogP contribution in [0.4, 0.5) is 9.80 Å². The molecule has 3 rings (SSSR count). The Hall–Kier alpha value is -2.45. The van der Waals surface area contributed by atoms with Gasteiger partial charge in [-0.2, -0.15) is 0 Å². The normalized spacial score (nSPS) is 13.9. The van der Waals surface area contributed by atoms with E-state index in [0.717, 1.165) is 33.2 Å². The molecule has 3 heterocycles. The van der Waals surface area contributed by atoms with Gasteiger partial charge in [-0.1, -0.05) is 24.8 Å². The highest BCUT2D eigenvalue weighted by Gasteiger charge is 2.26. The first-order valence-corrected chi connectivity index (χ1v) is 10.8. The van der Waals surface area contributed by atoms with Crippen LogP contribution in [0.5, 0.6) is 0 Å². The number of nitrogens with one attached hydrogen (secondary N) is 1. The van der Waals surface area contributed by atoms with Crippen LogP contribution in [0.15, 0.2) is 35.6 Å². The number of aromatic nitrogens is 1. The molecule has 0 saturated heterocycles. The summed E-state index contributed by atoms with van der Waals surface area (Å²) in [5.74, 6) is 0.563. The molecule has 0 fully saturated rings. The zero-order valence-electron chi connectivity index (χ0n) is 15.8. The summed E-state index contributed by atoms with van der Waals surface area (Å²) >= 11 is 2.85. The number of carbonyl (C=O) groups is 2. The fraction of sp³-hybridized carbons (Fsp3) is 0.300. The molecule has 1 aliphatic rings. The van der Waals surface area contributed by atoms with Crippen molar-refractivity contribution < 1.29 is 9.59 Å². The van der Waals surface area contributed by atoms with E-state index < -0.39 is 0 Å². The molecular formula is C20H22N4O2S2. The number of amides is 2. The number of thioether (sulfide) groups is 1. The summed E-state index contributed by atoms with van der Waals surface area (Å²) in [5.41, 5.74) is 2.98. The molecule has 0 unspecified atom stereocenters. The van der Waals surface area contributed by atoms with Crippen molar-refractivity contribution in [3.05, 3.63) is 52.2 Å². The predicted octanol–water partition coefficient (Wildman–Crippen LogP) is 4.07. The molecule has 0 aromatic carbocycles. The Labute approximate surface area is 172 Å². The van der Waals surface area contributed by atoms with Gasteiger partial charge in [0.1, 0.15) is 5.00 Å². The number of hydrogen-bond donors (Lipinski definition) is 1. The van der Waals surface area contributed by atoms with Gasteiger partial charge < -0.3 is 10.2 Å². The van der Waals surface area contributed by atoms with Gasteiger partial charge in [0.2, 0.25) is 5.91 Å². The molecule has 0 saturated carbocycles. The largest absolute Gasteiger partial charge is 0.328 e. The number of carbonyl (C=O) groups excluding carboxylic acids is 2. The third kappa shape index (κ3) is 4.88. The maximum atomic E-state index is 12.4. The fourth-order valence-electron chi connectivity index (χ4n) is 2.96. The van der Waals surface area contributed by atoms with Crippen LogP contribution >= 0.6 is 23.1 Å². The van der Waals surface area contributed by atoms with Crippen LogP contribution in [0.1, 0.15) is 28.5 Å². The Morgan fingerprint density at radius 3 is 3.04 bits per heavy atom. The zero-order valence-corrected chi connectivity index (χ0v) is 17.5. The van der Waals surface area contributed by atoms with Crippen LogP contribution in [0.2, 0.25) is 0 Å². The summed E-state index contributed by atoms with van der Waals surface area (Å²) < 4.78 is 0. The van der Waals surface area contributed by atoms with Crippen LogP contribution in [0.3, 0.4) is 0 Å². The Bertz CT molecular complexity index is 906. The highest BCUT2D eigenvalue weighted by molar-refractivity contribution is 8.13. The SMILES string of the molecule is CCSC(=O)N1CCc2c(sc(NC(=O)/C=C/c3cccnc3)c2C=NC)C1. The summed E-state index contributed by atoms with van der Waals surface area (Å²) in [6.45, 7) is 3.25. The topological polar surface area (TPSA) is 74.7 Å². The molecule has 8 heteroatoms. The lowest BCUT2D eigenvalue weighted by Gasteiger charge is -2.26. The molecule has 0 spiro atoms. The first-order chi connectivity index (χ1) is 13.6. The van der Waals surface area contributed by atoms with Gasteiger partial charge in [0.15, 0.2) is 0 Å². The van der Waals surface area contributed by atoms with Gasteiger partial charge in [-0.25, -0.2) is 0 Å². The number of nitrogens with zero attached hydrogens (tertiary/aromatic N) is 3. The molecule has 1 N–H and O–H groups in total. The second-order valence-corrected chi connectivity index (χ2v) is 8.43. The maximum absolute atomic E-state index is 12.4. The maximum Gasteiger partial charge on any atom is 0.281 e. The van der Waals surface area contributed by atoms with Crippen LogP contribution in [0, 0.1) is 0 Å². The standard InChI is InChI=1S/C20H22N4O2S2/c1-3-27-20(26)24-10-8-15-16(12-21-2)19(28-17(15)13-24)23-18(25)7-6-14-5-4-9-22-11-14/h4-7,9,11-12H,3,8,10,13H2,1-2H3,(H,23,25)/b7-6+,21-12?. The molecule has 0 bridgehead atoms. The molecule has 6 nitrogen and oxygen atoms in total. The summed E-state index contributed by atoms with van der Waals surface area (Å²) in [6.07, 6.45) is 9.17. The van der Waals surface area contributed by atoms with Gasteiger partial charge in [0.05, 0.1) is 6.54 Å². The van der Waals surface area contributed by atoms with Gasteiger partial charge in [0.25, 0.3) is 5.24 Å². The minimum Gasteiger partial charge on any atom is -0.328 e. The molecule has 2 amide bonds. The van der Waals surface area contributed by atoms with Crippen LogP contribution in [0.25, 0.3) is 6.08 Å². The van der Waals surface area contributed by atoms with Crippen LogP contribution in [-0.4, -0.2) is 46.6 Å². The van der Waals surface area contributed by atoms with E-state index >= 15 is 0 Å². The molecular weight excluding hydrogens is 392 g/mol. The third-order valence-corrected chi connectivity index (χ3v) is 6.17. The number of hydrogen-bond acceptors (Lipinski definition) is 6. The zero-order chi connectivity index (χ0) is 19.9. The molecule has 1 aliphatic heterocycles. The quantitative estimate of drug-likeness (QED) is 0.591. The summed E-state index contributed by atoms with van der Waals surface area (Å²) in [7, 11) is 1.72. The lowest BCUT2D eigenvalue weighted by molar-refractivity contribution is -0.111. The monoisotopic (exact) mass is 414 g/mol. The fourth-order valence-corrected chi connectivity index (χ4v) is 4.78. The van der Waals surface area contributed by atoms with Crippen LogP contribution < -0.4 is 5.32 Å². The van der Waals surface area contributed by atoms with E-state index in [2.05, 4.69) is 15.3 Å². The minimum absolute atomic E-state index is 0.109. The van der Waals surface area contributed by atoms with Crippen molar-refractivity contribution >= 4 is 51.5 Å². The number of rotatable bonds is 5. The molecule has 2 aromatic rings. The van der Waals surface area contributed by atoms with E-state index in [1.165, 1.54) is 34.7 Å². The number of pyridine rings is 1. The molecule has 2 aromatic heterocycles. The van der Waals surface area contributed by atoms with E-state index in [9.17, 15) is 9.59 Å². The van der Waals surface area contributed by atoms with Crippen molar-refractivity contribution in [1.29, 1.82) is 0 Å². The van der Waals surface area contributed by atoms with E-state index in [4.69, 9.17) is 0 Å². The van der Waals surface area contributed by atoms with E-state index in [-0.39, 0.29) is 11.1 Å². The van der Waals surface area contributed by atoms with Crippen molar-refractivity contribution in [2.24, 2.45) is 4.99 Å². The van der Waals surface area contributed by atoms with Gasteiger partial charge >= 0.3 is 0 Å². The minimum atomic E-state index is -0.206. The second-order valence-electron chi connectivity index (χ2n) is 6.11. The van der Waals surface area contributed by atoms with Gasteiger partial charge in [-0.3, -0.25) is 19.6 Å². The van der Waals surface area contributed by atoms with Gasteiger partial charge in [-0.05, 0) is 35.4 Å². The lowest BCUT2D eigenvalue weighted by atomic mass is 10.0. The third-order valence-electron chi connectivity index (χ3n) is 4.23. The Balaban J connectivity index is 1.77. The first-order valence-electron chi connectivity index (χ1n) is 8.99. The summed E-state index contributed by atoms with van der Waals surface area (Å²) in [5, 5.41) is 3.85. The van der Waals surface area contributed by atoms with Crippen molar-refractivity contribution in [2.45, 2.75) is 19.9 Å². The predicted molar refractivity (Wildman–Crippen MR) is 117 cm³/mol. The number of fused-ring (bicyclic) bond motifs is 1. The van der Waals surface area contributed by atoms with E-state index in [0.29, 0.717) is 13.1 Å². The van der Waals surface area contributed by atoms with Crippen molar-refractivity contribution in [2.75, 3.05) is 24.7 Å². The summed E-state index contributed by atoms with van der Waals surface area (Å²) in [4.78, 5) is 35.8.